The predicted molar refractivity (Wildman–Crippen MR) is 80.8 cm³/mol. The summed E-state index contributed by atoms with van der Waals surface area (Å²) < 4.78 is 0. The van der Waals surface area contributed by atoms with Gasteiger partial charge in [0.1, 0.15) is 0 Å². The molecule has 1 atom stereocenters. The van der Waals surface area contributed by atoms with Gasteiger partial charge in [0.05, 0.1) is 0 Å². The fourth-order valence-corrected chi connectivity index (χ4v) is 3.35. The lowest BCUT2D eigenvalue weighted by Crippen LogP contribution is -2.57. The zero-order valence-corrected chi connectivity index (χ0v) is 13.3. The second-order valence-electron chi connectivity index (χ2n) is 7.62. The SMILES string of the molecule is CN(C)C1(C(N)CCC(C)(C)C)CCCCCC1. The van der Waals surface area contributed by atoms with Crippen molar-refractivity contribution in [2.75, 3.05) is 14.1 Å². The predicted octanol–water partition coefficient (Wildman–Crippen LogP) is 3.79. The first kappa shape index (κ1) is 16.0. The van der Waals surface area contributed by atoms with E-state index < -0.39 is 0 Å². The van der Waals surface area contributed by atoms with Crippen molar-refractivity contribution in [2.24, 2.45) is 11.1 Å². The van der Waals surface area contributed by atoms with Crippen LogP contribution >= 0.6 is 0 Å². The van der Waals surface area contributed by atoms with Crippen molar-refractivity contribution in [1.29, 1.82) is 0 Å². The van der Waals surface area contributed by atoms with Crippen molar-refractivity contribution < 1.29 is 0 Å². The molecule has 0 aliphatic heterocycles. The van der Waals surface area contributed by atoms with Crippen molar-refractivity contribution in [3.8, 4) is 0 Å². The van der Waals surface area contributed by atoms with Crippen LogP contribution in [0.3, 0.4) is 0 Å². The number of rotatable bonds is 4. The fraction of sp³-hybridized carbons (Fsp3) is 1.00. The number of likely N-dealkylation sites (N-methyl/N-ethyl adjacent to an activating group) is 1. The van der Waals surface area contributed by atoms with Crippen LogP contribution < -0.4 is 5.73 Å². The van der Waals surface area contributed by atoms with Gasteiger partial charge in [0.15, 0.2) is 0 Å². The molecular weight excluding hydrogens is 220 g/mol. The second-order valence-corrected chi connectivity index (χ2v) is 7.62. The molecule has 0 aromatic heterocycles. The number of nitrogens with two attached hydrogens (primary N) is 1. The molecule has 2 nitrogen and oxygen atoms in total. The van der Waals surface area contributed by atoms with E-state index in [0.29, 0.717) is 11.5 Å². The van der Waals surface area contributed by atoms with E-state index >= 15 is 0 Å². The summed E-state index contributed by atoms with van der Waals surface area (Å²) in [7, 11) is 4.45. The molecule has 18 heavy (non-hydrogen) atoms. The smallest absolute Gasteiger partial charge is 0.0354 e. The molecule has 0 heterocycles. The number of nitrogens with zero attached hydrogens (tertiary/aromatic N) is 1. The third-order valence-electron chi connectivity index (χ3n) is 4.76. The van der Waals surface area contributed by atoms with Crippen LogP contribution in [0.4, 0.5) is 0 Å². The van der Waals surface area contributed by atoms with Gasteiger partial charge in [-0.2, -0.15) is 0 Å². The van der Waals surface area contributed by atoms with E-state index in [1.54, 1.807) is 0 Å². The van der Waals surface area contributed by atoms with Gasteiger partial charge in [-0.3, -0.25) is 0 Å². The Morgan fingerprint density at radius 2 is 1.56 bits per heavy atom. The molecule has 108 valence electrons. The van der Waals surface area contributed by atoms with Crippen LogP contribution in [-0.2, 0) is 0 Å². The van der Waals surface area contributed by atoms with Crippen molar-refractivity contribution in [2.45, 2.75) is 83.7 Å². The van der Waals surface area contributed by atoms with E-state index in [4.69, 9.17) is 5.73 Å². The average molecular weight is 254 g/mol. The molecule has 1 saturated carbocycles. The van der Waals surface area contributed by atoms with Crippen LogP contribution in [0.1, 0.15) is 72.1 Å². The molecule has 0 aromatic rings. The zero-order chi connectivity index (χ0) is 13.8. The summed E-state index contributed by atoms with van der Waals surface area (Å²) in [6.07, 6.45) is 10.4. The summed E-state index contributed by atoms with van der Waals surface area (Å²) in [5.74, 6) is 0. The van der Waals surface area contributed by atoms with E-state index in [2.05, 4.69) is 39.8 Å². The minimum atomic E-state index is 0.252. The highest BCUT2D eigenvalue weighted by Gasteiger charge is 2.38. The third-order valence-corrected chi connectivity index (χ3v) is 4.76. The molecule has 0 bridgehead atoms. The van der Waals surface area contributed by atoms with E-state index in [9.17, 15) is 0 Å². The van der Waals surface area contributed by atoms with Crippen LogP contribution in [0.15, 0.2) is 0 Å². The Balaban J connectivity index is 2.70. The Bertz CT molecular complexity index is 232. The van der Waals surface area contributed by atoms with E-state index in [1.807, 2.05) is 0 Å². The quantitative estimate of drug-likeness (QED) is 0.773. The summed E-state index contributed by atoms with van der Waals surface area (Å²) in [4.78, 5) is 2.42. The largest absolute Gasteiger partial charge is 0.326 e. The highest BCUT2D eigenvalue weighted by Crippen LogP contribution is 2.36. The van der Waals surface area contributed by atoms with Gasteiger partial charge in [-0.15, -0.1) is 0 Å². The number of hydrogen-bond donors (Lipinski definition) is 1. The topological polar surface area (TPSA) is 29.3 Å². The Kier molecular flexibility index (Phi) is 5.67. The van der Waals surface area contributed by atoms with Gasteiger partial charge in [-0.05, 0) is 45.2 Å². The monoisotopic (exact) mass is 254 g/mol. The van der Waals surface area contributed by atoms with Crippen LogP contribution in [0.5, 0.6) is 0 Å². The summed E-state index contributed by atoms with van der Waals surface area (Å²) in [6.45, 7) is 6.94. The van der Waals surface area contributed by atoms with Crippen molar-refractivity contribution in [3.05, 3.63) is 0 Å². The second kappa shape index (κ2) is 6.38. The fourth-order valence-electron chi connectivity index (χ4n) is 3.35. The van der Waals surface area contributed by atoms with Gasteiger partial charge in [-0.25, -0.2) is 0 Å². The summed E-state index contributed by atoms with van der Waals surface area (Å²) >= 11 is 0. The average Bonchev–Trinajstić information content (AvgIpc) is 2.51. The van der Waals surface area contributed by atoms with Crippen molar-refractivity contribution in [3.63, 3.8) is 0 Å². The Hall–Kier alpha value is -0.0800. The van der Waals surface area contributed by atoms with Crippen molar-refractivity contribution >= 4 is 0 Å². The maximum atomic E-state index is 6.62. The van der Waals surface area contributed by atoms with Crippen LogP contribution in [0, 0.1) is 5.41 Å². The summed E-state index contributed by atoms with van der Waals surface area (Å²) in [5, 5.41) is 0. The first-order chi connectivity index (χ1) is 8.28. The maximum Gasteiger partial charge on any atom is 0.0354 e. The standard InChI is InChI=1S/C16H34N2/c1-15(2,3)13-10-14(17)16(18(4)5)11-8-6-7-9-12-16/h14H,6-13,17H2,1-5H3. The molecule has 0 saturated heterocycles. The van der Waals surface area contributed by atoms with Crippen LogP contribution in [-0.4, -0.2) is 30.6 Å². The van der Waals surface area contributed by atoms with Gasteiger partial charge >= 0.3 is 0 Å². The minimum absolute atomic E-state index is 0.252. The zero-order valence-electron chi connectivity index (χ0n) is 13.3. The Morgan fingerprint density at radius 1 is 1.06 bits per heavy atom. The molecule has 0 amide bonds. The lowest BCUT2D eigenvalue weighted by molar-refractivity contribution is 0.0878. The molecule has 1 aliphatic rings. The number of hydrogen-bond acceptors (Lipinski definition) is 2. The van der Waals surface area contributed by atoms with Gasteiger partial charge in [0.2, 0.25) is 0 Å². The van der Waals surface area contributed by atoms with Crippen LogP contribution in [0.25, 0.3) is 0 Å². The third kappa shape index (κ3) is 4.24. The molecule has 1 fully saturated rings. The summed E-state index contributed by atoms with van der Waals surface area (Å²) in [5.41, 5.74) is 7.27. The molecule has 2 N–H and O–H groups in total. The Labute approximate surface area is 114 Å². The first-order valence-electron chi connectivity index (χ1n) is 7.71. The highest BCUT2D eigenvalue weighted by atomic mass is 15.2. The molecule has 1 aliphatic carbocycles. The van der Waals surface area contributed by atoms with Gasteiger partial charge < -0.3 is 10.6 Å². The molecule has 1 rings (SSSR count). The molecule has 1 unspecified atom stereocenters. The van der Waals surface area contributed by atoms with E-state index in [-0.39, 0.29) is 5.54 Å². The minimum Gasteiger partial charge on any atom is -0.326 e. The van der Waals surface area contributed by atoms with Gasteiger partial charge in [0, 0.05) is 11.6 Å². The van der Waals surface area contributed by atoms with E-state index in [1.165, 1.54) is 44.9 Å². The lowest BCUT2D eigenvalue weighted by Gasteiger charge is -2.45. The summed E-state index contributed by atoms with van der Waals surface area (Å²) in [6, 6.07) is 0.324. The van der Waals surface area contributed by atoms with Crippen LogP contribution in [0.2, 0.25) is 0 Å². The van der Waals surface area contributed by atoms with Crippen molar-refractivity contribution in [1.82, 2.24) is 4.90 Å². The maximum absolute atomic E-state index is 6.62. The lowest BCUT2D eigenvalue weighted by atomic mass is 9.77. The normalized spacial score (nSPS) is 22.8. The van der Waals surface area contributed by atoms with Gasteiger partial charge in [0.25, 0.3) is 0 Å². The molecule has 2 heteroatoms. The molecular formula is C16H34N2. The highest BCUT2D eigenvalue weighted by molar-refractivity contribution is 4.98. The molecule has 0 spiro atoms. The Morgan fingerprint density at radius 3 is 1.94 bits per heavy atom. The van der Waals surface area contributed by atoms with E-state index in [0.717, 1.165) is 6.42 Å². The first-order valence-corrected chi connectivity index (χ1v) is 7.71. The molecule has 0 radical (unpaired) electrons. The molecule has 0 aromatic carbocycles. The van der Waals surface area contributed by atoms with Gasteiger partial charge in [-0.1, -0.05) is 46.5 Å².